The fraction of sp³-hybridized carbons (Fsp3) is 0.324. The molecular formula is C37H41Cl2SiZr. The van der Waals surface area contributed by atoms with E-state index in [-0.39, 0.29) is 61.8 Å². The summed E-state index contributed by atoms with van der Waals surface area (Å²) in [6.45, 7) is 20.5. The van der Waals surface area contributed by atoms with E-state index in [2.05, 4.69) is 140 Å². The van der Waals surface area contributed by atoms with Crippen molar-refractivity contribution in [2.45, 2.75) is 78.3 Å². The quantitative estimate of drug-likeness (QED) is 0.177. The second-order valence-corrected chi connectivity index (χ2v) is 14.1. The summed E-state index contributed by atoms with van der Waals surface area (Å²) in [7, 11) is 1.08. The number of halogens is 2. The molecule has 1 aliphatic rings. The van der Waals surface area contributed by atoms with Crippen LogP contribution in [0.5, 0.6) is 0 Å². The van der Waals surface area contributed by atoms with Crippen molar-refractivity contribution in [3.63, 3.8) is 0 Å². The molecule has 4 heteroatoms. The molecule has 0 nitrogen and oxygen atoms in total. The number of allylic oxidation sites excluding steroid dienone is 1. The molecule has 0 saturated heterocycles. The standard InChI is InChI=1S/C35H35.C2H6Si.2ClH.Zr/c1-21-16-29-26-11-9-8-10-22(26)13-15-27(29)33(21)32-20-25(35(5,6)7)19-31-28-18-24(34(2,3)4)14-12-23(28)17-30(31)32;1-3-2;;;/h8-20,33H,1-7H3;1-2H3;2*1H;/q-1;;;;+3/p-2. The number of hydrogen-bond donors (Lipinski definition) is 0. The Morgan fingerprint density at radius 2 is 1.29 bits per heavy atom. The van der Waals surface area contributed by atoms with E-state index in [0.29, 0.717) is 5.92 Å². The Hall–Kier alpha value is -1.57. The van der Waals surface area contributed by atoms with Gasteiger partial charge in [0, 0.05) is 15.4 Å². The number of benzene rings is 4. The van der Waals surface area contributed by atoms with E-state index in [0.717, 1.165) is 9.52 Å². The van der Waals surface area contributed by atoms with Crippen molar-refractivity contribution in [3.8, 4) is 0 Å². The molecule has 211 valence electrons. The van der Waals surface area contributed by atoms with Crippen LogP contribution in [0.3, 0.4) is 0 Å². The van der Waals surface area contributed by atoms with Crippen LogP contribution in [0.4, 0.5) is 0 Å². The van der Waals surface area contributed by atoms with Crippen molar-refractivity contribution in [2.75, 3.05) is 0 Å². The molecule has 0 amide bonds. The smallest absolute Gasteiger partial charge is 1.00 e. The second-order valence-electron chi connectivity index (χ2n) is 13.1. The molecule has 0 aliphatic heterocycles. The minimum Gasteiger partial charge on any atom is -1.00 e. The number of fused-ring (bicyclic) bond motifs is 6. The van der Waals surface area contributed by atoms with Crippen LogP contribution in [0, 0.1) is 0 Å². The van der Waals surface area contributed by atoms with Crippen LogP contribution in [0.2, 0.25) is 13.1 Å². The number of rotatable bonds is 1. The molecule has 0 fully saturated rings. The maximum absolute atomic E-state index is 2.50. The van der Waals surface area contributed by atoms with Gasteiger partial charge < -0.3 is 24.8 Å². The molecule has 5 aromatic rings. The zero-order valence-corrected chi connectivity index (χ0v) is 30.8. The maximum Gasteiger partial charge on any atom is 3.00 e. The zero-order valence-electron chi connectivity index (χ0n) is 25.8. The SMILES string of the molecule is CC1=Cc2c(ccc3ccccc23)C1c1cc(C(C)(C)C)cc2c1[cH-]c1ccc(C(C)(C)C)cc12.C[Si]C.[Cl-].[Cl-].[Zr+3]. The third-order valence-electron chi connectivity index (χ3n) is 8.04. The average Bonchev–Trinajstić information content (AvgIpc) is 3.39. The van der Waals surface area contributed by atoms with Gasteiger partial charge in [0.1, 0.15) is 0 Å². The molecule has 0 N–H and O–H groups in total. The molecule has 0 heterocycles. The summed E-state index contributed by atoms with van der Waals surface area (Å²) in [5.74, 6) is 0.290. The molecule has 3 radical (unpaired) electrons. The Morgan fingerprint density at radius 3 is 1.93 bits per heavy atom. The van der Waals surface area contributed by atoms with Gasteiger partial charge in [-0.25, -0.2) is 0 Å². The molecule has 1 atom stereocenters. The van der Waals surface area contributed by atoms with Crippen molar-refractivity contribution in [2.24, 2.45) is 0 Å². The monoisotopic (exact) mass is 673 g/mol. The van der Waals surface area contributed by atoms with Crippen molar-refractivity contribution >= 4 is 47.9 Å². The van der Waals surface area contributed by atoms with Crippen LogP contribution in [0.1, 0.15) is 82.2 Å². The molecule has 6 rings (SSSR count). The molecule has 41 heavy (non-hydrogen) atoms. The van der Waals surface area contributed by atoms with E-state index in [4.69, 9.17) is 0 Å². The first-order valence-corrected chi connectivity index (χ1v) is 15.9. The molecule has 1 unspecified atom stereocenters. The van der Waals surface area contributed by atoms with Gasteiger partial charge in [0.2, 0.25) is 0 Å². The largest absolute Gasteiger partial charge is 3.00 e. The topological polar surface area (TPSA) is 0 Å². The third-order valence-corrected chi connectivity index (χ3v) is 8.04. The van der Waals surface area contributed by atoms with Gasteiger partial charge in [0.15, 0.2) is 0 Å². The molecule has 0 spiro atoms. The van der Waals surface area contributed by atoms with Crippen LogP contribution in [0.25, 0.3) is 38.4 Å². The molecular weight excluding hydrogens is 635 g/mol. The summed E-state index contributed by atoms with van der Waals surface area (Å²) < 4.78 is 0. The predicted octanol–water partition coefficient (Wildman–Crippen LogP) is 4.80. The molecule has 0 aromatic heterocycles. The van der Waals surface area contributed by atoms with E-state index < -0.39 is 0 Å². The summed E-state index contributed by atoms with van der Waals surface area (Å²) >= 11 is 0. The van der Waals surface area contributed by atoms with Crippen LogP contribution in [-0.4, -0.2) is 9.52 Å². The van der Waals surface area contributed by atoms with Crippen molar-refractivity contribution in [1.29, 1.82) is 0 Å². The van der Waals surface area contributed by atoms with Crippen molar-refractivity contribution in [1.82, 2.24) is 0 Å². The van der Waals surface area contributed by atoms with Gasteiger partial charge in [0.05, 0.1) is 0 Å². The van der Waals surface area contributed by atoms with Crippen LogP contribution in [0.15, 0.2) is 78.4 Å². The van der Waals surface area contributed by atoms with Crippen molar-refractivity contribution in [3.05, 3.63) is 106 Å². The van der Waals surface area contributed by atoms with Gasteiger partial charge in [-0.05, 0) is 39.7 Å². The van der Waals surface area contributed by atoms with Gasteiger partial charge in [-0.1, -0.05) is 144 Å². The fourth-order valence-electron chi connectivity index (χ4n) is 5.96. The van der Waals surface area contributed by atoms with E-state index in [1.54, 1.807) is 0 Å². The van der Waals surface area contributed by atoms with E-state index in [9.17, 15) is 0 Å². The molecule has 0 bridgehead atoms. The first-order valence-electron chi connectivity index (χ1n) is 13.9. The maximum atomic E-state index is 2.50. The normalized spacial score (nSPS) is 14.4. The van der Waals surface area contributed by atoms with E-state index >= 15 is 0 Å². The minimum atomic E-state index is 0. The Labute approximate surface area is 281 Å². The first kappa shape index (κ1) is 35.6. The van der Waals surface area contributed by atoms with E-state index in [1.807, 2.05) is 0 Å². The van der Waals surface area contributed by atoms with Crippen molar-refractivity contribution < 1.29 is 51.0 Å². The zero-order chi connectivity index (χ0) is 27.4. The molecule has 0 saturated carbocycles. The third kappa shape index (κ3) is 6.67. The van der Waals surface area contributed by atoms with Crippen LogP contribution in [-0.2, 0) is 37.0 Å². The van der Waals surface area contributed by atoms with Gasteiger partial charge >= 0.3 is 26.2 Å². The van der Waals surface area contributed by atoms with Gasteiger partial charge in [-0.3, -0.25) is 0 Å². The second kappa shape index (κ2) is 13.4. The molecule has 1 aliphatic carbocycles. The fourth-order valence-corrected chi connectivity index (χ4v) is 5.96. The van der Waals surface area contributed by atoms with Gasteiger partial charge in [-0.2, -0.15) is 0 Å². The summed E-state index contributed by atoms with van der Waals surface area (Å²) in [6, 6.07) is 27.9. The Kier molecular flexibility index (Phi) is 11.6. The van der Waals surface area contributed by atoms with Gasteiger partial charge in [-0.15, -0.1) is 33.7 Å². The van der Waals surface area contributed by atoms with E-state index in [1.165, 1.54) is 65.7 Å². The minimum absolute atomic E-state index is 0. The Bertz CT molecular complexity index is 1700. The number of hydrogen-bond acceptors (Lipinski definition) is 0. The molecule has 5 aromatic carbocycles. The summed E-state index contributed by atoms with van der Waals surface area (Å²) in [5.41, 5.74) is 8.74. The van der Waals surface area contributed by atoms with Crippen LogP contribution < -0.4 is 24.8 Å². The average molecular weight is 676 g/mol. The van der Waals surface area contributed by atoms with Gasteiger partial charge in [0.25, 0.3) is 0 Å². The Balaban J connectivity index is 0.000000941. The summed E-state index contributed by atoms with van der Waals surface area (Å²) in [5, 5.41) is 8.21. The first-order chi connectivity index (χ1) is 17.9. The Morgan fingerprint density at radius 1 is 0.683 bits per heavy atom. The summed E-state index contributed by atoms with van der Waals surface area (Å²) in [4.78, 5) is 0. The summed E-state index contributed by atoms with van der Waals surface area (Å²) in [6.07, 6.45) is 2.43. The van der Waals surface area contributed by atoms with Crippen LogP contribution >= 0.6 is 0 Å². The predicted molar refractivity (Wildman–Crippen MR) is 171 cm³/mol.